The third-order valence-corrected chi connectivity index (χ3v) is 3.49. The second kappa shape index (κ2) is 6.25. The molecule has 1 N–H and O–H groups in total. The largest absolute Gasteiger partial charge is 0.313 e. The zero-order chi connectivity index (χ0) is 13.0. The molecule has 0 amide bonds. The standard InChI is InChI=1S/C14H20F2N2/c1-2-18(10-13-4-3-7-17-13)9-11-8-12(15)5-6-14(11)16/h5-6,8,13,17H,2-4,7,9-10H2,1H3. The smallest absolute Gasteiger partial charge is 0.127 e. The third-order valence-electron chi connectivity index (χ3n) is 3.49. The van der Waals surface area contributed by atoms with Crippen molar-refractivity contribution in [3.05, 3.63) is 35.4 Å². The van der Waals surface area contributed by atoms with Gasteiger partial charge in [0.25, 0.3) is 0 Å². The summed E-state index contributed by atoms with van der Waals surface area (Å²) in [5, 5.41) is 3.42. The Balaban J connectivity index is 1.98. The lowest BCUT2D eigenvalue weighted by atomic mass is 10.1. The summed E-state index contributed by atoms with van der Waals surface area (Å²) in [4.78, 5) is 2.15. The van der Waals surface area contributed by atoms with Crippen molar-refractivity contribution in [1.82, 2.24) is 10.2 Å². The first kappa shape index (κ1) is 13.4. The van der Waals surface area contributed by atoms with Crippen molar-refractivity contribution in [3.8, 4) is 0 Å². The average molecular weight is 254 g/mol. The van der Waals surface area contributed by atoms with E-state index in [1.54, 1.807) is 0 Å². The number of rotatable bonds is 5. The molecule has 1 heterocycles. The summed E-state index contributed by atoms with van der Waals surface area (Å²) in [7, 11) is 0. The Morgan fingerprint density at radius 1 is 1.39 bits per heavy atom. The van der Waals surface area contributed by atoms with Crippen LogP contribution >= 0.6 is 0 Å². The van der Waals surface area contributed by atoms with Crippen LogP contribution < -0.4 is 5.32 Å². The lowest BCUT2D eigenvalue weighted by molar-refractivity contribution is 0.250. The minimum absolute atomic E-state index is 0.325. The van der Waals surface area contributed by atoms with Gasteiger partial charge in [-0.25, -0.2) is 8.78 Å². The van der Waals surface area contributed by atoms with Gasteiger partial charge in [0.05, 0.1) is 0 Å². The first-order valence-corrected chi connectivity index (χ1v) is 6.58. The normalized spacial score (nSPS) is 19.7. The van der Waals surface area contributed by atoms with Crippen molar-refractivity contribution in [2.45, 2.75) is 32.4 Å². The minimum Gasteiger partial charge on any atom is -0.313 e. The van der Waals surface area contributed by atoms with Gasteiger partial charge in [-0.2, -0.15) is 0 Å². The molecule has 1 aliphatic rings. The SMILES string of the molecule is CCN(Cc1cc(F)ccc1F)CC1CCCN1. The Labute approximate surface area is 107 Å². The maximum atomic E-state index is 13.6. The average Bonchev–Trinajstić information content (AvgIpc) is 2.85. The van der Waals surface area contributed by atoms with Gasteiger partial charge in [0, 0.05) is 24.7 Å². The van der Waals surface area contributed by atoms with Crippen LogP contribution in [0, 0.1) is 11.6 Å². The van der Waals surface area contributed by atoms with Crippen LogP contribution in [0.5, 0.6) is 0 Å². The summed E-state index contributed by atoms with van der Waals surface area (Å²) in [5.41, 5.74) is 0.440. The highest BCUT2D eigenvalue weighted by Crippen LogP contribution is 2.14. The van der Waals surface area contributed by atoms with E-state index in [0.717, 1.165) is 25.7 Å². The molecule has 100 valence electrons. The van der Waals surface area contributed by atoms with Gasteiger partial charge in [0.15, 0.2) is 0 Å². The van der Waals surface area contributed by atoms with Crippen LogP contribution in [0.2, 0.25) is 0 Å². The Morgan fingerprint density at radius 3 is 2.89 bits per heavy atom. The molecule has 0 radical (unpaired) electrons. The molecular weight excluding hydrogens is 234 g/mol. The molecule has 18 heavy (non-hydrogen) atoms. The molecule has 0 saturated carbocycles. The number of benzene rings is 1. The van der Waals surface area contributed by atoms with Crippen molar-refractivity contribution in [1.29, 1.82) is 0 Å². The number of nitrogens with zero attached hydrogens (tertiary/aromatic N) is 1. The van der Waals surface area contributed by atoms with Gasteiger partial charge in [-0.05, 0) is 44.1 Å². The molecule has 1 fully saturated rings. The molecule has 0 bridgehead atoms. The van der Waals surface area contributed by atoms with Crippen LogP contribution in [0.15, 0.2) is 18.2 Å². The summed E-state index contributed by atoms with van der Waals surface area (Å²) in [6.45, 7) is 5.32. The molecule has 1 aliphatic heterocycles. The highest BCUT2D eigenvalue weighted by molar-refractivity contribution is 5.18. The predicted molar refractivity (Wildman–Crippen MR) is 68.3 cm³/mol. The van der Waals surface area contributed by atoms with Crippen molar-refractivity contribution in [2.75, 3.05) is 19.6 Å². The third kappa shape index (κ3) is 3.50. The first-order valence-electron chi connectivity index (χ1n) is 6.58. The topological polar surface area (TPSA) is 15.3 Å². The second-order valence-electron chi connectivity index (χ2n) is 4.86. The number of hydrogen-bond donors (Lipinski definition) is 1. The monoisotopic (exact) mass is 254 g/mol. The van der Waals surface area contributed by atoms with Gasteiger partial charge < -0.3 is 5.32 Å². The van der Waals surface area contributed by atoms with Crippen LogP contribution in [-0.4, -0.2) is 30.6 Å². The number of likely N-dealkylation sites (N-methyl/N-ethyl adjacent to an activating group) is 1. The molecular formula is C14H20F2N2. The van der Waals surface area contributed by atoms with Crippen molar-refractivity contribution >= 4 is 0 Å². The van der Waals surface area contributed by atoms with Crippen LogP contribution in [-0.2, 0) is 6.54 Å². The van der Waals surface area contributed by atoms with Gasteiger partial charge >= 0.3 is 0 Å². The lowest BCUT2D eigenvalue weighted by Crippen LogP contribution is -2.37. The van der Waals surface area contributed by atoms with Crippen molar-refractivity contribution < 1.29 is 8.78 Å². The van der Waals surface area contributed by atoms with Gasteiger partial charge in [-0.3, -0.25) is 4.90 Å². The Kier molecular flexibility index (Phi) is 4.66. The summed E-state index contributed by atoms with van der Waals surface area (Å²) in [6, 6.07) is 4.14. The maximum Gasteiger partial charge on any atom is 0.127 e. The summed E-state index contributed by atoms with van der Waals surface area (Å²) >= 11 is 0. The van der Waals surface area contributed by atoms with Crippen molar-refractivity contribution in [3.63, 3.8) is 0 Å². The van der Waals surface area contributed by atoms with Gasteiger partial charge in [-0.15, -0.1) is 0 Å². The molecule has 1 atom stereocenters. The van der Waals surface area contributed by atoms with E-state index in [-0.39, 0.29) is 11.6 Å². The number of hydrogen-bond acceptors (Lipinski definition) is 2. The molecule has 2 nitrogen and oxygen atoms in total. The first-order chi connectivity index (χ1) is 8.69. The maximum absolute atomic E-state index is 13.6. The number of nitrogens with one attached hydrogen (secondary N) is 1. The van der Waals surface area contributed by atoms with Crippen LogP contribution in [0.25, 0.3) is 0 Å². The lowest BCUT2D eigenvalue weighted by Gasteiger charge is -2.24. The fraction of sp³-hybridized carbons (Fsp3) is 0.571. The molecule has 1 unspecified atom stereocenters. The fourth-order valence-corrected chi connectivity index (χ4v) is 2.44. The van der Waals surface area contributed by atoms with Crippen LogP contribution in [0.3, 0.4) is 0 Å². The zero-order valence-corrected chi connectivity index (χ0v) is 10.8. The zero-order valence-electron chi connectivity index (χ0n) is 10.8. The van der Waals surface area contributed by atoms with Gasteiger partial charge in [-0.1, -0.05) is 6.92 Å². The van der Waals surface area contributed by atoms with E-state index in [2.05, 4.69) is 10.2 Å². The van der Waals surface area contributed by atoms with E-state index in [0.29, 0.717) is 18.2 Å². The number of halogens is 2. The molecule has 1 saturated heterocycles. The van der Waals surface area contributed by atoms with Crippen LogP contribution in [0.4, 0.5) is 8.78 Å². The fourth-order valence-electron chi connectivity index (χ4n) is 2.44. The Morgan fingerprint density at radius 2 is 2.22 bits per heavy atom. The summed E-state index contributed by atoms with van der Waals surface area (Å²) in [6.07, 6.45) is 2.37. The molecule has 0 spiro atoms. The highest BCUT2D eigenvalue weighted by atomic mass is 19.1. The van der Waals surface area contributed by atoms with E-state index in [9.17, 15) is 8.78 Å². The minimum atomic E-state index is -0.374. The summed E-state index contributed by atoms with van der Waals surface area (Å²) < 4.78 is 26.7. The Bertz CT molecular complexity index is 389. The predicted octanol–water partition coefficient (Wildman–Crippen LogP) is 2.54. The van der Waals surface area contributed by atoms with Crippen LogP contribution in [0.1, 0.15) is 25.3 Å². The summed E-state index contributed by atoms with van der Waals surface area (Å²) in [5.74, 6) is -0.698. The van der Waals surface area contributed by atoms with E-state index >= 15 is 0 Å². The Hall–Kier alpha value is -1.00. The second-order valence-corrected chi connectivity index (χ2v) is 4.86. The molecule has 1 aromatic rings. The van der Waals surface area contributed by atoms with Gasteiger partial charge in [0.1, 0.15) is 11.6 Å². The van der Waals surface area contributed by atoms with E-state index < -0.39 is 0 Å². The molecule has 2 rings (SSSR count). The molecule has 0 aliphatic carbocycles. The van der Waals surface area contributed by atoms with Crippen molar-refractivity contribution in [2.24, 2.45) is 0 Å². The van der Waals surface area contributed by atoms with E-state index in [1.807, 2.05) is 6.92 Å². The highest BCUT2D eigenvalue weighted by Gasteiger charge is 2.18. The van der Waals surface area contributed by atoms with E-state index in [4.69, 9.17) is 0 Å². The van der Waals surface area contributed by atoms with Gasteiger partial charge in [0.2, 0.25) is 0 Å². The van der Waals surface area contributed by atoms with E-state index in [1.165, 1.54) is 25.0 Å². The quantitative estimate of drug-likeness (QED) is 0.868. The molecule has 0 aromatic heterocycles. The molecule has 4 heteroatoms. The molecule has 1 aromatic carbocycles.